The van der Waals surface area contributed by atoms with E-state index in [1.54, 1.807) is 0 Å². The van der Waals surface area contributed by atoms with Crippen molar-refractivity contribution in [2.24, 2.45) is 15.9 Å². The Morgan fingerprint density at radius 3 is 2.06 bits per heavy atom. The Kier molecular flexibility index (Phi) is 23.3. The molecule has 0 aliphatic rings. The summed E-state index contributed by atoms with van der Waals surface area (Å²) in [6.45, 7) is 7.90. The predicted molar refractivity (Wildman–Crippen MR) is 119 cm³/mol. The molecular weight excluding hydrogens is 408 g/mol. The Morgan fingerprint density at radius 1 is 0.871 bits per heavy atom. The van der Waals surface area contributed by atoms with Crippen LogP contribution in [0.1, 0.15) is 26.2 Å². The van der Waals surface area contributed by atoms with Crippen LogP contribution < -0.4 is 11.2 Å². The van der Waals surface area contributed by atoms with Gasteiger partial charge >= 0.3 is 0 Å². The number of nitrogens with zero attached hydrogens (tertiary/aromatic N) is 2. The molecule has 0 aliphatic carbocycles. The van der Waals surface area contributed by atoms with E-state index in [4.69, 9.17) is 34.6 Å². The van der Waals surface area contributed by atoms with Gasteiger partial charge in [-0.05, 0) is 6.42 Å². The van der Waals surface area contributed by atoms with Gasteiger partial charge in [0, 0.05) is 38.8 Å². The zero-order valence-electron chi connectivity index (χ0n) is 18.8. The zero-order chi connectivity index (χ0) is 22.8. The van der Waals surface area contributed by atoms with Gasteiger partial charge in [-0.2, -0.15) is 5.10 Å². The van der Waals surface area contributed by atoms with Crippen molar-refractivity contribution in [3.8, 4) is 0 Å². The van der Waals surface area contributed by atoms with Gasteiger partial charge in [0.05, 0.1) is 71.7 Å². The second-order valence-electron chi connectivity index (χ2n) is 6.29. The molecular formula is C20H40N4O7. The minimum atomic E-state index is -0.0595. The predicted octanol–water partition coefficient (Wildman–Crippen LogP) is -0.246. The molecule has 0 aromatic heterocycles. The normalized spacial score (nSPS) is 12.0. The van der Waals surface area contributed by atoms with E-state index in [-0.39, 0.29) is 12.5 Å². The van der Waals surface area contributed by atoms with Crippen LogP contribution >= 0.6 is 0 Å². The topological polar surface area (TPSA) is 146 Å². The molecule has 0 spiro atoms. The second-order valence-corrected chi connectivity index (χ2v) is 6.29. The summed E-state index contributed by atoms with van der Waals surface area (Å²) in [7, 11) is 0. The largest absolute Gasteiger partial charge is 0.396 e. The molecule has 0 radical (unpaired) electrons. The Balaban J connectivity index is 3.27. The molecule has 0 saturated carbocycles. The lowest BCUT2D eigenvalue weighted by molar-refractivity contribution is -0.122. The average molecular weight is 449 g/mol. The number of hydrazone groups is 1. The standard InChI is InChI=1S/C20H40N4O7/c1-2-8-27-12-13-28-9-4-20(26)23-6-11-30-15-17-31-16-14-29-10-5-22-18-19(24-21)3-7-25/h18,25H,2-17,21H2,1H3,(H,23,26)/b22-18?,24-19-. The molecule has 0 saturated heterocycles. The molecule has 0 aromatic rings. The van der Waals surface area contributed by atoms with Gasteiger partial charge in [-0.15, -0.1) is 0 Å². The van der Waals surface area contributed by atoms with Gasteiger partial charge in [0.1, 0.15) is 0 Å². The maximum Gasteiger partial charge on any atom is 0.222 e. The van der Waals surface area contributed by atoms with Gasteiger partial charge in [-0.1, -0.05) is 6.92 Å². The maximum atomic E-state index is 11.6. The highest BCUT2D eigenvalue weighted by atomic mass is 16.5. The molecule has 0 atom stereocenters. The van der Waals surface area contributed by atoms with E-state index in [2.05, 4.69) is 22.3 Å². The lowest BCUT2D eigenvalue weighted by Crippen LogP contribution is -2.28. The number of carbonyl (C=O) groups is 1. The highest BCUT2D eigenvalue weighted by Crippen LogP contribution is 1.87. The minimum absolute atomic E-state index is 0.0144. The number of ether oxygens (including phenoxy) is 5. The van der Waals surface area contributed by atoms with E-state index < -0.39 is 0 Å². The van der Waals surface area contributed by atoms with Crippen LogP contribution in [0.4, 0.5) is 0 Å². The van der Waals surface area contributed by atoms with Gasteiger partial charge in [-0.25, -0.2) is 0 Å². The fourth-order valence-corrected chi connectivity index (χ4v) is 2.09. The summed E-state index contributed by atoms with van der Waals surface area (Å²) in [5.74, 6) is 5.10. The lowest BCUT2D eigenvalue weighted by atomic mass is 10.3. The van der Waals surface area contributed by atoms with E-state index in [0.29, 0.717) is 91.1 Å². The molecule has 0 heterocycles. The van der Waals surface area contributed by atoms with Crippen LogP contribution in [-0.2, 0) is 28.5 Å². The molecule has 182 valence electrons. The van der Waals surface area contributed by atoms with E-state index in [0.717, 1.165) is 13.0 Å². The molecule has 0 aromatic carbocycles. The monoisotopic (exact) mass is 448 g/mol. The molecule has 0 fully saturated rings. The third-order valence-corrected chi connectivity index (χ3v) is 3.65. The van der Waals surface area contributed by atoms with Crippen molar-refractivity contribution in [2.75, 3.05) is 85.8 Å². The Bertz CT molecular complexity index is 465. The van der Waals surface area contributed by atoms with Crippen molar-refractivity contribution in [3.05, 3.63) is 0 Å². The van der Waals surface area contributed by atoms with Crippen molar-refractivity contribution in [1.29, 1.82) is 0 Å². The quantitative estimate of drug-likeness (QED) is 0.0840. The van der Waals surface area contributed by atoms with Crippen molar-refractivity contribution in [3.63, 3.8) is 0 Å². The maximum absolute atomic E-state index is 11.6. The smallest absolute Gasteiger partial charge is 0.222 e. The van der Waals surface area contributed by atoms with Crippen molar-refractivity contribution in [1.82, 2.24) is 5.32 Å². The van der Waals surface area contributed by atoms with Crippen LogP contribution in [0.15, 0.2) is 10.1 Å². The number of aliphatic hydroxyl groups excluding tert-OH is 1. The SMILES string of the molecule is CCCOCCOCCC(=O)NCCOCCOCCOCCN=C/C(CCO)=N\N. The first-order chi connectivity index (χ1) is 15.2. The van der Waals surface area contributed by atoms with Gasteiger partial charge in [0.25, 0.3) is 0 Å². The number of nitrogens with two attached hydrogens (primary N) is 1. The molecule has 11 nitrogen and oxygen atoms in total. The number of aliphatic hydroxyl groups is 1. The van der Waals surface area contributed by atoms with Crippen LogP contribution in [0.5, 0.6) is 0 Å². The molecule has 0 bridgehead atoms. The van der Waals surface area contributed by atoms with E-state index >= 15 is 0 Å². The van der Waals surface area contributed by atoms with Gasteiger partial charge in [-0.3, -0.25) is 9.79 Å². The van der Waals surface area contributed by atoms with Crippen LogP contribution in [0.3, 0.4) is 0 Å². The molecule has 0 unspecified atom stereocenters. The third-order valence-electron chi connectivity index (χ3n) is 3.65. The third kappa shape index (κ3) is 22.9. The minimum Gasteiger partial charge on any atom is -0.396 e. The highest BCUT2D eigenvalue weighted by Gasteiger charge is 2.00. The number of hydrogen-bond donors (Lipinski definition) is 3. The number of rotatable bonds is 23. The summed E-state index contributed by atoms with van der Waals surface area (Å²) < 4.78 is 26.8. The van der Waals surface area contributed by atoms with Gasteiger partial charge in [0.2, 0.25) is 5.91 Å². The van der Waals surface area contributed by atoms with E-state index in [1.165, 1.54) is 6.21 Å². The fraction of sp³-hybridized carbons (Fsp3) is 0.850. The summed E-state index contributed by atoms with van der Waals surface area (Å²) in [6, 6.07) is 0. The van der Waals surface area contributed by atoms with Crippen LogP contribution in [0, 0.1) is 0 Å². The number of nitrogens with one attached hydrogen (secondary N) is 1. The first-order valence-corrected chi connectivity index (χ1v) is 10.8. The van der Waals surface area contributed by atoms with E-state index in [1.807, 2.05) is 0 Å². The van der Waals surface area contributed by atoms with Crippen molar-refractivity contribution >= 4 is 17.8 Å². The summed E-state index contributed by atoms with van der Waals surface area (Å²) in [5, 5.41) is 15.1. The number of aliphatic imine (C=N–C) groups is 1. The van der Waals surface area contributed by atoms with Crippen LogP contribution in [0.25, 0.3) is 0 Å². The average Bonchev–Trinajstić information content (AvgIpc) is 2.77. The molecule has 0 rings (SSSR count). The Morgan fingerprint density at radius 2 is 1.45 bits per heavy atom. The summed E-state index contributed by atoms with van der Waals surface area (Å²) in [4.78, 5) is 15.7. The van der Waals surface area contributed by atoms with Crippen molar-refractivity contribution < 1.29 is 33.6 Å². The zero-order valence-corrected chi connectivity index (χ0v) is 18.8. The molecule has 1 amide bonds. The number of hydrogen-bond acceptors (Lipinski definition) is 10. The van der Waals surface area contributed by atoms with Crippen molar-refractivity contribution in [2.45, 2.75) is 26.2 Å². The molecule has 31 heavy (non-hydrogen) atoms. The Hall–Kier alpha value is -1.63. The summed E-state index contributed by atoms with van der Waals surface area (Å²) >= 11 is 0. The summed E-state index contributed by atoms with van der Waals surface area (Å²) in [5.41, 5.74) is 0.545. The lowest BCUT2D eigenvalue weighted by Gasteiger charge is -2.08. The summed E-state index contributed by atoms with van der Waals surface area (Å²) in [6.07, 6.45) is 3.23. The second kappa shape index (κ2) is 24.6. The molecule has 4 N–H and O–H groups in total. The molecule has 0 aliphatic heterocycles. The van der Waals surface area contributed by atoms with Crippen LogP contribution in [-0.4, -0.2) is 109 Å². The molecule has 11 heteroatoms. The Labute approximate surface area is 185 Å². The van der Waals surface area contributed by atoms with Gasteiger partial charge < -0.3 is 40.0 Å². The highest BCUT2D eigenvalue weighted by molar-refractivity contribution is 6.30. The number of amides is 1. The number of carbonyl (C=O) groups excluding carboxylic acids is 1. The van der Waals surface area contributed by atoms with Gasteiger partial charge in [0.15, 0.2) is 0 Å². The first-order valence-electron chi connectivity index (χ1n) is 10.8. The van der Waals surface area contributed by atoms with Crippen LogP contribution in [0.2, 0.25) is 0 Å². The van der Waals surface area contributed by atoms with E-state index in [9.17, 15) is 4.79 Å². The first kappa shape index (κ1) is 29.4. The fourth-order valence-electron chi connectivity index (χ4n) is 2.09.